The number of piperidine rings is 1. The van der Waals surface area contributed by atoms with Crippen LogP contribution in [0, 0.1) is 11.3 Å². The molecule has 0 bridgehead atoms. The van der Waals surface area contributed by atoms with Crippen molar-refractivity contribution in [1.82, 2.24) is 5.32 Å². The van der Waals surface area contributed by atoms with Crippen molar-refractivity contribution in [2.75, 3.05) is 18.4 Å². The predicted octanol–water partition coefficient (Wildman–Crippen LogP) is 2.77. The fourth-order valence-corrected chi connectivity index (χ4v) is 2.25. The summed E-state index contributed by atoms with van der Waals surface area (Å²) in [7, 11) is 0. The molecule has 1 aliphatic rings. The molecule has 17 heavy (non-hydrogen) atoms. The van der Waals surface area contributed by atoms with Gasteiger partial charge in [0.2, 0.25) is 0 Å². The number of hydrogen-bond acceptors (Lipinski definition) is 3. The van der Waals surface area contributed by atoms with Gasteiger partial charge in [0.15, 0.2) is 0 Å². The van der Waals surface area contributed by atoms with E-state index in [1.807, 2.05) is 0 Å². The first-order valence-corrected chi connectivity index (χ1v) is 6.34. The van der Waals surface area contributed by atoms with E-state index < -0.39 is 0 Å². The first-order valence-electron chi connectivity index (χ1n) is 5.96. The summed E-state index contributed by atoms with van der Waals surface area (Å²) in [5.41, 5.74) is 1.48. The highest BCUT2D eigenvalue weighted by Crippen LogP contribution is 2.23. The number of nitriles is 1. The second kappa shape index (κ2) is 5.90. The zero-order valence-corrected chi connectivity index (χ0v) is 10.4. The lowest BCUT2D eigenvalue weighted by molar-refractivity contribution is 0.414. The van der Waals surface area contributed by atoms with Crippen LogP contribution in [0.5, 0.6) is 0 Å². The number of halogens is 1. The third-order valence-corrected chi connectivity index (χ3v) is 3.38. The van der Waals surface area contributed by atoms with Crippen molar-refractivity contribution in [2.45, 2.75) is 25.3 Å². The standard InChI is InChI=1S/C13H16ClN3/c14-12-5-4-10(8-15)7-13(12)17-9-11-3-1-2-6-16-11/h4-5,7,11,16-17H,1-3,6,9H2. The van der Waals surface area contributed by atoms with Gasteiger partial charge in [0.1, 0.15) is 0 Å². The molecule has 1 aromatic rings. The largest absolute Gasteiger partial charge is 0.382 e. The van der Waals surface area contributed by atoms with Gasteiger partial charge in [-0.2, -0.15) is 5.26 Å². The minimum absolute atomic E-state index is 0.505. The van der Waals surface area contributed by atoms with E-state index in [9.17, 15) is 0 Å². The normalized spacial score (nSPS) is 19.6. The molecule has 2 rings (SSSR count). The molecule has 0 amide bonds. The van der Waals surface area contributed by atoms with E-state index in [1.165, 1.54) is 19.3 Å². The lowest BCUT2D eigenvalue weighted by Crippen LogP contribution is -2.39. The van der Waals surface area contributed by atoms with E-state index in [4.69, 9.17) is 16.9 Å². The Kier molecular flexibility index (Phi) is 4.24. The number of nitrogens with zero attached hydrogens (tertiary/aromatic N) is 1. The van der Waals surface area contributed by atoms with Gasteiger partial charge in [0.05, 0.1) is 22.3 Å². The van der Waals surface area contributed by atoms with Crippen molar-refractivity contribution in [2.24, 2.45) is 0 Å². The summed E-state index contributed by atoms with van der Waals surface area (Å²) in [6.07, 6.45) is 3.75. The topological polar surface area (TPSA) is 47.9 Å². The van der Waals surface area contributed by atoms with Crippen LogP contribution in [-0.4, -0.2) is 19.1 Å². The summed E-state index contributed by atoms with van der Waals surface area (Å²) >= 11 is 6.08. The molecule has 2 N–H and O–H groups in total. The summed E-state index contributed by atoms with van der Waals surface area (Å²) in [6.45, 7) is 1.95. The van der Waals surface area contributed by atoms with Crippen molar-refractivity contribution in [1.29, 1.82) is 5.26 Å². The summed E-state index contributed by atoms with van der Waals surface area (Å²) in [5, 5.41) is 16.3. The number of benzene rings is 1. The minimum atomic E-state index is 0.505. The third kappa shape index (κ3) is 3.36. The molecule has 90 valence electrons. The number of rotatable bonds is 3. The highest BCUT2D eigenvalue weighted by molar-refractivity contribution is 6.33. The van der Waals surface area contributed by atoms with E-state index in [-0.39, 0.29) is 0 Å². The van der Waals surface area contributed by atoms with Crippen molar-refractivity contribution < 1.29 is 0 Å². The van der Waals surface area contributed by atoms with E-state index >= 15 is 0 Å². The Hall–Kier alpha value is -1.24. The molecular formula is C13H16ClN3. The van der Waals surface area contributed by atoms with E-state index in [0.717, 1.165) is 18.8 Å². The predicted molar refractivity (Wildman–Crippen MR) is 70.3 cm³/mol. The summed E-state index contributed by atoms with van der Waals surface area (Å²) in [4.78, 5) is 0. The second-order valence-corrected chi connectivity index (χ2v) is 4.74. The molecule has 0 saturated carbocycles. The van der Waals surface area contributed by atoms with Crippen LogP contribution < -0.4 is 10.6 Å². The average Bonchev–Trinajstić information content (AvgIpc) is 2.39. The monoisotopic (exact) mass is 249 g/mol. The van der Waals surface area contributed by atoms with Crippen LogP contribution in [0.15, 0.2) is 18.2 Å². The second-order valence-electron chi connectivity index (χ2n) is 4.33. The molecule has 1 unspecified atom stereocenters. The zero-order chi connectivity index (χ0) is 12.1. The highest BCUT2D eigenvalue weighted by atomic mass is 35.5. The molecular weight excluding hydrogens is 234 g/mol. The van der Waals surface area contributed by atoms with Crippen molar-refractivity contribution >= 4 is 17.3 Å². The van der Waals surface area contributed by atoms with Crippen LogP contribution in [0.4, 0.5) is 5.69 Å². The van der Waals surface area contributed by atoms with Crippen LogP contribution in [0.3, 0.4) is 0 Å². The van der Waals surface area contributed by atoms with Gasteiger partial charge in [-0.15, -0.1) is 0 Å². The Labute approximate surface area is 107 Å². The summed E-state index contributed by atoms with van der Waals surface area (Å²) in [5.74, 6) is 0. The van der Waals surface area contributed by atoms with Gasteiger partial charge in [-0.25, -0.2) is 0 Å². The summed E-state index contributed by atoms with van der Waals surface area (Å²) < 4.78 is 0. The lowest BCUT2D eigenvalue weighted by atomic mass is 10.1. The smallest absolute Gasteiger partial charge is 0.0992 e. The molecule has 1 saturated heterocycles. The molecule has 0 aliphatic carbocycles. The first kappa shape index (κ1) is 12.2. The molecule has 1 aliphatic heterocycles. The zero-order valence-electron chi connectivity index (χ0n) is 9.67. The van der Waals surface area contributed by atoms with Crippen LogP contribution in [0.25, 0.3) is 0 Å². The lowest BCUT2D eigenvalue weighted by Gasteiger charge is -2.24. The summed E-state index contributed by atoms with van der Waals surface area (Å²) in [6, 6.07) is 7.91. The Morgan fingerprint density at radius 1 is 1.47 bits per heavy atom. The first-order chi connectivity index (χ1) is 8.29. The molecule has 1 heterocycles. The number of hydrogen-bond donors (Lipinski definition) is 2. The van der Waals surface area contributed by atoms with Crippen LogP contribution >= 0.6 is 11.6 Å². The Morgan fingerprint density at radius 2 is 2.35 bits per heavy atom. The van der Waals surface area contributed by atoms with Gasteiger partial charge in [0.25, 0.3) is 0 Å². The van der Waals surface area contributed by atoms with Gasteiger partial charge < -0.3 is 10.6 Å². The van der Waals surface area contributed by atoms with Gasteiger partial charge in [-0.05, 0) is 37.6 Å². The van der Waals surface area contributed by atoms with Crippen LogP contribution in [0.1, 0.15) is 24.8 Å². The SMILES string of the molecule is N#Cc1ccc(Cl)c(NCC2CCCCN2)c1. The van der Waals surface area contributed by atoms with Gasteiger partial charge in [0, 0.05) is 12.6 Å². The fraction of sp³-hybridized carbons (Fsp3) is 0.462. The fourth-order valence-electron chi connectivity index (χ4n) is 2.06. The van der Waals surface area contributed by atoms with Gasteiger partial charge in [-0.3, -0.25) is 0 Å². The molecule has 4 heteroatoms. The van der Waals surface area contributed by atoms with E-state index in [2.05, 4.69) is 16.7 Å². The molecule has 0 aromatic heterocycles. The maximum Gasteiger partial charge on any atom is 0.0992 e. The maximum atomic E-state index is 8.84. The molecule has 1 aromatic carbocycles. The minimum Gasteiger partial charge on any atom is -0.382 e. The quantitative estimate of drug-likeness (QED) is 0.866. The van der Waals surface area contributed by atoms with E-state index in [1.54, 1.807) is 18.2 Å². The Balaban J connectivity index is 1.95. The van der Waals surface area contributed by atoms with Gasteiger partial charge >= 0.3 is 0 Å². The Bertz CT molecular complexity index is 419. The van der Waals surface area contributed by atoms with Crippen molar-refractivity contribution in [3.8, 4) is 6.07 Å². The average molecular weight is 250 g/mol. The Morgan fingerprint density at radius 3 is 3.06 bits per heavy atom. The highest BCUT2D eigenvalue weighted by Gasteiger charge is 2.12. The number of anilines is 1. The van der Waals surface area contributed by atoms with Crippen LogP contribution in [-0.2, 0) is 0 Å². The third-order valence-electron chi connectivity index (χ3n) is 3.05. The van der Waals surface area contributed by atoms with Gasteiger partial charge in [-0.1, -0.05) is 18.0 Å². The molecule has 0 spiro atoms. The molecule has 3 nitrogen and oxygen atoms in total. The van der Waals surface area contributed by atoms with E-state index in [0.29, 0.717) is 16.6 Å². The maximum absolute atomic E-state index is 8.84. The van der Waals surface area contributed by atoms with Crippen molar-refractivity contribution in [3.05, 3.63) is 28.8 Å². The molecule has 1 atom stereocenters. The van der Waals surface area contributed by atoms with Crippen molar-refractivity contribution in [3.63, 3.8) is 0 Å². The molecule has 1 fully saturated rings. The van der Waals surface area contributed by atoms with Crippen LogP contribution in [0.2, 0.25) is 5.02 Å². The molecule has 0 radical (unpaired) electrons. The number of nitrogens with one attached hydrogen (secondary N) is 2.